The van der Waals surface area contributed by atoms with Gasteiger partial charge < -0.3 is 9.80 Å². The van der Waals surface area contributed by atoms with Crippen LogP contribution < -0.4 is 0 Å². The van der Waals surface area contributed by atoms with Gasteiger partial charge in [0, 0.05) is 13.1 Å². The Kier molecular flexibility index (Phi) is 5.55. The second-order valence-electron chi connectivity index (χ2n) is 5.41. The molecule has 0 aromatic rings. The summed E-state index contributed by atoms with van der Waals surface area (Å²) in [6.07, 6.45) is 8.45. The highest BCUT2D eigenvalue weighted by Gasteiger charge is 2.39. The Morgan fingerprint density at radius 1 is 1.21 bits per heavy atom. The molecular weight excluding hydrogens is 260 g/mol. The molecule has 0 aromatic carbocycles. The van der Waals surface area contributed by atoms with Crippen LogP contribution in [0.2, 0.25) is 0 Å². The lowest BCUT2D eigenvalue weighted by Crippen LogP contribution is -2.61. The number of hydrogen-bond donors (Lipinski definition) is 0. The summed E-state index contributed by atoms with van der Waals surface area (Å²) < 4.78 is 0. The van der Waals surface area contributed by atoms with Crippen molar-refractivity contribution in [3.63, 3.8) is 0 Å². The van der Waals surface area contributed by atoms with Crippen molar-refractivity contribution in [2.75, 3.05) is 31.6 Å². The quantitative estimate of drug-likeness (QED) is 0.698. The summed E-state index contributed by atoms with van der Waals surface area (Å²) in [5.74, 6) is 1.51. The molecule has 19 heavy (non-hydrogen) atoms. The predicted octanol–water partition coefficient (Wildman–Crippen LogP) is 1.74. The summed E-state index contributed by atoms with van der Waals surface area (Å²) in [4.78, 5) is 28.0. The Bertz CT molecular complexity index is 335. The smallest absolute Gasteiger partial charge is 0.245 e. The van der Waals surface area contributed by atoms with E-state index in [1.165, 1.54) is 12.2 Å². The van der Waals surface area contributed by atoms with Crippen LogP contribution in [0.1, 0.15) is 38.5 Å². The molecule has 1 unspecified atom stereocenters. The number of carbonyl (C=O) groups is 2. The Morgan fingerprint density at radius 3 is 2.84 bits per heavy atom. The van der Waals surface area contributed by atoms with E-state index in [1.807, 2.05) is 11.8 Å². The van der Waals surface area contributed by atoms with Gasteiger partial charge in [-0.15, -0.1) is 0 Å². The minimum Gasteiger partial charge on any atom is -0.332 e. The lowest BCUT2D eigenvalue weighted by Gasteiger charge is -2.42. The zero-order valence-corrected chi connectivity index (χ0v) is 12.6. The second kappa shape index (κ2) is 7.17. The van der Waals surface area contributed by atoms with Crippen molar-refractivity contribution in [2.45, 2.75) is 44.6 Å². The highest BCUT2D eigenvalue weighted by Crippen LogP contribution is 2.23. The lowest BCUT2D eigenvalue weighted by atomic mass is 9.98. The van der Waals surface area contributed by atoms with Crippen LogP contribution >= 0.6 is 11.8 Å². The van der Waals surface area contributed by atoms with Gasteiger partial charge in [0.1, 0.15) is 6.04 Å². The van der Waals surface area contributed by atoms with E-state index >= 15 is 0 Å². The van der Waals surface area contributed by atoms with Crippen LogP contribution in [0.4, 0.5) is 0 Å². The number of rotatable bonds is 6. The van der Waals surface area contributed by atoms with Crippen LogP contribution in [0, 0.1) is 0 Å². The molecule has 5 heteroatoms. The van der Waals surface area contributed by atoms with Crippen LogP contribution in [0.3, 0.4) is 0 Å². The molecule has 2 aliphatic rings. The van der Waals surface area contributed by atoms with Crippen LogP contribution in [0.5, 0.6) is 0 Å². The number of thioether (sulfide) groups is 1. The van der Waals surface area contributed by atoms with Crippen LogP contribution in [0.25, 0.3) is 0 Å². The fourth-order valence-corrected chi connectivity index (χ4v) is 3.44. The Labute approximate surface area is 119 Å². The van der Waals surface area contributed by atoms with Gasteiger partial charge in [0.2, 0.25) is 11.8 Å². The van der Waals surface area contributed by atoms with Crippen molar-refractivity contribution in [1.29, 1.82) is 0 Å². The first-order valence-electron chi connectivity index (χ1n) is 7.31. The van der Waals surface area contributed by atoms with Crippen molar-refractivity contribution >= 4 is 23.6 Å². The first-order chi connectivity index (χ1) is 9.24. The van der Waals surface area contributed by atoms with Crippen LogP contribution in [-0.4, -0.2) is 59.3 Å². The summed E-state index contributed by atoms with van der Waals surface area (Å²) in [5, 5.41) is 0. The number of unbranched alkanes of at least 4 members (excludes halogenated alkanes) is 2. The maximum absolute atomic E-state index is 12.4. The van der Waals surface area contributed by atoms with Gasteiger partial charge in [-0.1, -0.05) is 6.42 Å². The summed E-state index contributed by atoms with van der Waals surface area (Å²) in [6, 6.07) is -0.152. The molecule has 0 saturated carbocycles. The molecular formula is C14H24N2O2S. The average Bonchev–Trinajstić information content (AvgIpc) is 2.44. The van der Waals surface area contributed by atoms with E-state index in [-0.39, 0.29) is 17.9 Å². The first kappa shape index (κ1) is 14.7. The van der Waals surface area contributed by atoms with Crippen molar-refractivity contribution in [2.24, 2.45) is 0 Å². The first-order valence-corrected chi connectivity index (χ1v) is 8.70. The standard InChI is InChI=1S/C14H24N2O2S/c1-19-10-6-2-4-8-15-11-13(17)16-9-5-3-7-12(16)14(15)18/h12H,2-11H2,1H3. The fourth-order valence-electron chi connectivity index (χ4n) is 2.94. The van der Waals surface area contributed by atoms with E-state index in [0.29, 0.717) is 6.54 Å². The Balaban J connectivity index is 1.81. The Morgan fingerprint density at radius 2 is 2.05 bits per heavy atom. The molecule has 2 rings (SSSR count). The van der Waals surface area contributed by atoms with Gasteiger partial charge in [0.25, 0.3) is 0 Å². The maximum atomic E-state index is 12.4. The monoisotopic (exact) mass is 284 g/mol. The number of piperidine rings is 1. The van der Waals surface area contributed by atoms with Gasteiger partial charge in [0.05, 0.1) is 6.54 Å². The number of carbonyl (C=O) groups excluding carboxylic acids is 2. The van der Waals surface area contributed by atoms with Gasteiger partial charge in [-0.25, -0.2) is 0 Å². The number of amides is 2. The van der Waals surface area contributed by atoms with E-state index < -0.39 is 0 Å². The molecule has 2 aliphatic heterocycles. The van der Waals surface area contributed by atoms with Crippen LogP contribution in [0.15, 0.2) is 0 Å². The SMILES string of the molecule is CSCCCCCN1CC(=O)N2CCCCC2C1=O. The van der Waals surface area contributed by atoms with Crippen molar-refractivity contribution < 1.29 is 9.59 Å². The van der Waals surface area contributed by atoms with Crippen molar-refractivity contribution in [1.82, 2.24) is 9.80 Å². The maximum Gasteiger partial charge on any atom is 0.245 e. The molecule has 4 nitrogen and oxygen atoms in total. The summed E-state index contributed by atoms with van der Waals surface area (Å²) >= 11 is 1.86. The molecule has 0 radical (unpaired) electrons. The minimum atomic E-state index is -0.152. The zero-order chi connectivity index (χ0) is 13.7. The Hall–Kier alpha value is -0.710. The van der Waals surface area contributed by atoms with Gasteiger partial charge in [-0.2, -0.15) is 11.8 Å². The molecule has 0 aliphatic carbocycles. The van der Waals surface area contributed by atoms with Crippen molar-refractivity contribution in [3.8, 4) is 0 Å². The van der Waals surface area contributed by atoms with Crippen molar-refractivity contribution in [3.05, 3.63) is 0 Å². The van der Waals surface area contributed by atoms with E-state index in [4.69, 9.17) is 0 Å². The van der Waals surface area contributed by atoms with Gasteiger partial charge in [-0.3, -0.25) is 9.59 Å². The summed E-state index contributed by atoms with van der Waals surface area (Å²) in [6.45, 7) is 1.83. The summed E-state index contributed by atoms with van der Waals surface area (Å²) in [7, 11) is 0. The molecule has 0 spiro atoms. The van der Waals surface area contributed by atoms with Crippen LogP contribution in [-0.2, 0) is 9.59 Å². The lowest BCUT2D eigenvalue weighted by molar-refractivity contribution is -0.157. The molecule has 0 aromatic heterocycles. The third kappa shape index (κ3) is 3.65. The molecule has 108 valence electrons. The van der Waals surface area contributed by atoms with E-state index in [9.17, 15) is 9.59 Å². The largest absolute Gasteiger partial charge is 0.332 e. The highest BCUT2D eigenvalue weighted by molar-refractivity contribution is 7.98. The summed E-state index contributed by atoms with van der Waals surface area (Å²) in [5.41, 5.74) is 0. The van der Waals surface area contributed by atoms with Gasteiger partial charge in [0.15, 0.2) is 0 Å². The van der Waals surface area contributed by atoms with E-state index in [2.05, 4.69) is 6.26 Å². The van der Waals surface area contributed by atoms with E-state index in [1.54, 1.807) is 9.80 Å². The topological polar surface area (TPSA) is 40.6 Å². The number of fused-ring (bicyclic) bond motifs is 1. The third-order valence-corrected chi connectivity index (χ3v) is 4.72. The van der Waals surface area contributed by atoms with E-state index in [0.717, 1.165) is 45.2 Å². The molecule has 1 atom stereocenters. The highest BCUT2D eigenvalue weighted by atomic mass is 32.2. The molecule has 0 N–H and O–H groups in total. The number of piperazine rings is 1. The minimum absolute atomic E-state index is 0.147. The zero-order valence-electron chi connectivity index (χ0n) is 11.8. The molecule has 2 amide bonds. The molecule has 2 fully saturated rings. The number of nitrogens with zero attached hydrogens (tertiary/aromatic N) is 2. The van der Waals surface area contributed by atoms with Gasteiger partial charge >= 0.3 is 0 Å². The third-order valence-electron chi connectivity index (χ3n) is 4.02. The predicted molar refractivity (Wildman–Crippen MR) is 78.2 cm³/mol. The van der Waals surface area contributed by atoms with Gasteiger partial charge in [-0.05, 0) is 44.1 Å². The molecule has 2 saturated heterocycles. The average molecular weight is 284 g/mol. The molecule has 2 heterocycles. The second-order valence-corrected chi connectivity index (χ2v) is 6.40. The normalized spacial score (nSPS) is 23.7. The number of hydrogen-bond acceptors (Lipinski definition) is 3. The fraction of sp³-hybridized carbons (Fsp3) is 0.857. The molecule has 0 bridgehead atoms.